The highest BCUT2D eigenvalue weighted by Crippen LogP contribution is 2.25. The smallest absolute Gasteiger partial charge is 0.258 e. The second kappa shape index (κ2) is 7.61. The number of amides is 1. The number of hydrogen-bond donors (Lipinski definition) is 1. The maximum atomic E-state index is 12.9. The predicted molar refractivity (Wildman–Crippen MR) is 104 cm³/mol. The van der Waals surface area contributed by atoms with Gasteiger partial charge in [0.15, 0.2) is 0 Å². The van der Waals surface area contributed by atoms with Gasteiger partial charge in [-0.3, -0.25) is 4.79 Å². The zero-order valence-corrected chi connectivity index (χ0v) is 16.1. The average molecular weight is 367 g/mol. The van der Waals surface area contributed by atoms with Crippen molar-refractivity contribution < 1.29 is 19.2 Å². The Morgan fingerprint density at radius 3 is 2.78 bits per heavy atom. The molecule has 1 N–H and O–H groups in total. The molecule has 0 saturated carbocycles. The third kappa shape index (κ3) is 3.78. The van der Waals surface area contributed by atoms with Gasteiger partial charge in [-0.1, -0.05) is 11.6 Å². The minimum Gasteiger partial charge on any atom is -0.496 e. The SMILES string of the molecule is COc1ccc(C)cc1C(=O)N1CC[NH+](Cc2ccc3c(c2)CCO3)CC1. The van der Waals surface area contributed by atoms with Gasteiger partial charge in [0.05, 0.1) is 45.5 Å². The lowest BCUT2D eigenvalue weighted by Gasteiger charge is -2.32. The molecule has 5 nitrogen and oxygen atoms in total. The molecule has 27 heavy (non-hydrogen) atoms. The molecule has 0 bridgehead atoms. The first-order valence-electron chi connectivity index (χ1n) is 9.66. The summed E-state index contributed by atoms with van der Waals surface area (Å²) >= 11 is 0. The summed E-state index contributed by atoms with van der Waals surface area (Å²) < 4.78 is 11.0. The predicted octanol–water partition coefficient (Wildman–Crippen LogP) is 1.48. The molecule has 4 rings (SSSR count). The summed E-state index contributed by atoms with van der Waals surface area (Å²) in [6, 6.07) is 12.3. The molecule has 1 saturated heterocycles. The quantitative estimate of drug-likeness (QED) is 0.890. The maximum absolute atomic E-state index is 12.9. The number of piperazine rings is 1. The van der Waals surface area contributed by atoms with Gasteiger partial charge in [-0.2, -0.15) is 0 Å². The number of hydrogen-bond acceptors (Lipinski definition) is 3. The molecule has 2 aromatic rings. The molecular formula is C22H27N2O3+. The normalized spacial score (nSPS) is 16.7. The third-order valence-corrected chi connectivity index (χ3v) is 5.55. The fourth-order valence-corrected chi connectivity index (χ4v) is 4.00. The van der Waals surface area contributed by atoms with Crippen molar-refractivity contribution in [2.24, 2.45) is 0 Å². The van der Waals surface area contributed by atoms with Crippen molar-refractivity contribution in [3.05, 3.63) is 58.7 Å². The van der Waals surface area contributed by atoms with Crippen LogP contribution in [0.3, 0.4) is 0 Å². The van der Waals surface area contributed by atoms with Crippen LogP contribution in [0.4, 0.5) is 0 Å². The van der Waals surface area contributed by atoms with Gasteiger partial charge < -0.3 is 19.3 Å². The van der Waals surface area contributed by atoms with Crippen molar-refractivity contribution in [2.45, 2.75) is 19.9 Å². The van der Waals surface area contributed by atoms with E-state index in [1.165, 1.54) is 16.0 Å². The first kappa shape index (κ1) is 17.9. The van der Waals surface area contributed by atoms with Crippen molar-refractivity contribution in [1.82, 2.24) is 4.90 Å². The van der Waals surface area contributed by atoms with Gasteiger partial charge in [-0.05, 0) is 42.8 Å². The van der Waals surface area contributed by atoms with Crippen LogP contribution in [0, 0.1) is 6.92 Å². The molecule has 0 aromatic heterocycles. The first-order chi connectivity index (χ1) is 13.1. The lowest BCUT2D eigenvalue weighted by molar-refractivity contribution is -0.917. The van der Waals surface area contributed by atoms with Crippen LogP contribution in [-0.2, 0) is 13.0 Å². The van der Waals surface area contributed by atoms with Crippen molar-refractivity contribution in [3.8, 4) is 11.5 Å². The molecule has 0 aliphatic carbocycles. The summed E-state index contributed by atoms with van der Waals surface area (Å²) in [5.41, 5.74) is 4.42. The lowest BCUT2D eigenvalue weighted by Crippen LogP contribution is -3.13. The third-order valence-electron chi connectivity index (χ3n) is 5.55. The number of nitrogens with zero attached hydrogens (tertiary/aromatic N) is 1. The highest BCUT2D eigenvalue weighted by Gasteiger charge is 2.26. The van der Waals surface area contributed by atoms with Crippen LogP contribution in [0.25, 0.3) is 0 Å². The Bertz CT molecular complexity index is 841. The zero-order valence-electron chi connectivity index (χ0n) is 16.1. The van der Waals surface area contributed by atoms with E-state index in [1.54, 1.807) is 7.11 Å². The number of carbonyl (C=O) groups excluding carboxylic acids is 1. The Morgan fingerprint density at radius 2 is 2.00 bits per heavy atom. The molecule has 2 aromatic carbocycles. The number of nitrogens with one attached hydrogen (secondary N) is 1. The van der Waals surface area contributed by atoms with Crippen LogP contribution in [0.15, 0.2) is 36.4 Å². The number of aryl methyl sites for hydroxylation is 1. The molecule has 0 atom stereocenters. The Morgan fingerprint density at radius 1 is 1.19 bits per heavy atom. The first-order valence-corrected chi connectivity index (χ1v) is 9.66. The summed E-state index contributed by atoms with van der Waals surface area (Å²) in [4.78, 5) is 16.4. The van der Waals surface area contributed by atoms with Gasteiger partial charge in [-0.15, -0.1) is 0 Å². The fourth-order valence-electron chi connectivity index (χ4n) is 4.00. The second-order valence-electron chi connectivity index (χ2n) is 7.46. The standard InChI is InChI=1S/C22H26N2O3/c1-16-3-5-21(26-2)19(13-16)22(25)24-10-8-23(9-11-24)15-17-4-6-20-18(14-17)7-12-27-20/h3-6,13-14H,7-12,15H2,1-2H3/p+1. The van der Waals surface area contributed by atoms with E-state index in [0.29, 0.717) is 11.3 Å². The number of quaternary nitrogens is 1. The van der Waals surface area contributed by atoms with Gasteiger partial charge in [0, 0.05) is 12.0 Å². The number of rotatable bonds is 4. The van der Waals surface area contributed by atoms with Crippen LogP contribution >= 0.6 is 0 Å². The summed E-state index contributed by atoms with van der Waals surface area (Å²) in [7, 11) is 1.62. The van der Waals surface area contributed by atoms with Crippen LogP contribution in [0.2, 0.25) is 0 Å². The van der Waals surface area contributed by atoms with E-state index in [0.717, 1.165) is 57.1 Å². The second-order valence-corrected chi connectivity index (χ2v) is 7.46. The molecule has 2 heterocycles. The maximum Gasteiger partial charge on any atom is 0.258 e. The molecule has 1 fully saturated rings. The number of methoxy groups -OCH3 is 1. The van der Waals surface area contributed by atoms with E-state index in [1.807, 2.05) is 30.0 Å². The monoisotopic (exact) mass is 367 g/mol. The molecule has 0 spiro atoms. The van der Waals surface area contributed by atoms with Crippen molar-refractivity contribution in [2.75, 3.05) is 39.9 Å². The van der Waals surface area contributed by atoms with Crippen molar-refractivity contribution >= 4 is 5.91 Å². The Kier molecular flexibility index (Phi) is 5.03. The van der Waals surface area contributed by atoms with E-state index >= 15 is 0 Å². The minimum absolute atomic E-state index is 0.0734. The summed E-state index contributed by atoms with van der Waals surface area (Å²) in [6.07, 6.45) is 1.01. The summed E-state index contributed by atoms with van der Waals surface area (Å²) in [5, 5.41) is 0. The number of fused-ring (bicyclic) bond motifs is 1. The molecule has 5 heteroatoms. The Labute approximate surface area is 160 Å². The van der Waals surface area contributed by atoms with Gasteiger partial charge in [0.1, 0.15) is 18.0 Å². The van der Waals surface area contributed by atoms with E-state index in [9.17, 15) is 4.79 Å². The summed E-state index contributed by atoms with van der Waals surface area (Å²) in [5.74, 6) is 1.77. The molecule has 2 aliphatic rings. The molecule has 142 valence electrons. The highest BCUT2D eigenvalue weighted by atomic mass is 16.5. The van der Waals surface area contributed by atoms with Gasteiger partial charge in [-0.25, -0.2) is 0 Å². The van der Waals surface area contributed by atoms with Gasteiger partial charge in [0.2, 0.25) is 0 Å². The Balaban J connectivity index is 1.37. The minimum atomic E-state index is 0.0734. The molecule has 0 radical (unpaired) electrons. The Hall–Kier alpha value is -2.53. The lowest BCUT2D eigenvalue weighted by atomic mass is 10.1. The molecule has 0 unspecified atom stereocenters. The van der Waals surface area contributed by atoms with Gasteiger partial charge >= 0.3 is 0 Å². The summed E-state index contributed by atoms with van der Waals surface area (Å²) in [6.45, 7) is 7.29. The fraction of sp³-hybridized carbons (Fsp3) is 0.409. The molecule has 1 amide bonds. The molecular weight excluding hydrogens is 340 g/mol. The van der Waals surface area contributed by atoms with E-state index < -0.39 is 0 Å². The number of carbonyl (C=O) groups is 1. The van der Waals surface area contributed by atoms with E-state index in [4.69, 9.17) is 9.47 Å². The van der Waals surface area contributed by atoms with Crippen LogP contribution < -0.4 is 14.4 Å². The molecule has 2 aliphatic heterocycles. The topological polar surface area (TPSA) is 43.2 Å². The van der Waals surface area contributed by atoms with Crippen LogP contribution in [0.1, 0.15) is 27.0 Å². The van der Waals surface area contributed by atoms with Crippen LogP contribution in [0.5, 0.6) is 11.5 Å². The zero-order chi connectivity index (χ0) is 18.8. The number of ether oxygens (including phenoxy) is 2. The van der Waals surface area contributed by atoms with Crippen molar-refractivity contribution in [1.29, 1.82) is 0 Å². The van der Waals surface area contributed by atoms with Crippen LogP contribution in [-0.4, -0.2) is 50.7 Å². The average Bonchev–Trinajstić information content (AvgIpc) is 3.16. The van der Waals surface area contributed by atoms with E-state index in [-0.39, 0.29) is 5.91 Å². The number of benzene rings is 2. The van der Waals surface area contributed by atoms with Gasteiger partial charge in [0.25, 0.3) is 5.91 Å². The van der Waals surface area contributed by atoms with Crippen molar-refractivity contribution in [3.63, 3.8) is 0 Å². The largest absolute Gasteiger partial charge is 0.496 e. The van der Waals surface area contributed by atoms with E-state index in [2.05, 4.69) is 18.2 Å². The highest BCUT2D eigenvalue weighted by molar-refractivity contribution is 5.97.